The Morgan fingerprint density at radius 3 is 1.94 bits per heavy atom. The molecule has 0 bridgehead atoms. The summed E-state index contributed by atoms with van der Waals surface area (Å²) in [5, 5.41) is 14.3. The quantitative estimate of drug-likeness (QED) is 0.160. The van der Waals surface area contributed by atoms with Crippen LogP contribution in [-0.4, -0.2) is 69.4 Å². The molecule has 0 saturated heterocycles. The zero-order valence-corrected chi connectivity index (χ0v) is 28.2. The fourth-order valence-electron chi connectivity index (χ4n) is 4.27. The Labute approximate surface area is 278 Å². The molecule has 2 heterocycles. The largest absolute Gasteiger partial charge is 0.443 e. The highest BCUT2D eigenvalue weighted by Gasteiger charge is 2.37. The number of nitrogens with one attached hydrogen (secondary N) is 2. The van der Waals surface area contributed by atoms with Gasteiger partial charge >= 0.3 is 12.2 Å². The van der Waals surface area contributed by atoms with Gasteiger partial charge in [-0.05, 0) is 59.2 Å². The molecule has 0 aliphatic rings. The fourth-order valence-corrected chi connectivity index (χ4v) is 4.27. The average Bonchev–Trinajstić information content (AvgIpc) is 3.49. The summed E-state index contributed by atoms with van der Waals surface area (Å²) in [6, 6.07) is 15.7. The van der Waals surface area contributed by atoms with E-state index in [0.29, 0.717) is 39.5 Å². The molecule has 4 rings (SSSR count). The minimum absolute atomic E-state index is 0.0127. The summed E-state index contributed by atoms with van der Waals surface area (Å²) < 4.78 is 16.9. The van der Waals surface area contributed by atoms with Gasteiger partial charge in [0.05, 0.1) is 11.9 Å². The Morgan fingerprint density at radius 1 is 0.875 bits per heavy atom. The van der Waals surface area contributed by atoms with E-state index in [9.17, 15) is 14.4 Å². The summed E-state index contributed by atoms with van der Waals surface area (Å²) in [6.45, 7) is 10.4. The Morgan fingerprint density at radius 2 is 1.42 bits per heavy atom. The molecule has 14 heteroatoms. The van der Waals surface area contributed by atoms with Gasteiger partial charge in [-0.25, -0.2) is 19.6 Å². The van der Waals surface area contributed by atoms with Crippen LogP contribution in [0.3, 0.4) is 0 Å². The third-order valence-electron chi connectivity index (χ3n) is 6.43. The van der Waals surface area contributed by atoms with Crippen LogP contribution in [-0.2, 0) is 16.0 Å². The van der Waals surface area contributed by atoms with E-state index in [-0.39, 0.29) is 29.1 Å². The Bertz CT molecular complexity index is 1780. The van der Waals surface area contributed by atoms with Crippen LogP contribution < -0.4 is 16.0 Å². The van der Waals surface area contributed by atoms with Crippen LogP contribution in [0.25, 0.3) is 34.0 Å². The van der Waals surface area contributed by atoms with E-state index in [1.165, 1.54) is 11.1 Å². The molecule has 0 saturated carbocycles. The van der Waals surface area contributed by atoms with Gasteiger partial charge in [0.25, 0.3) is 5.91 Å². The lowest BCUT2D eigenvalue weighted by Gasteiger charge is -2.28. The number of carbonyl (C=O) groups is 3. The Kier molecular flexibility index (Phi) is 10.2. The van der Waals surface area contributed by atoms with Crippen LogP contribution in [0.5, 0.6) is 0 Å². The van der Waals surface area contributed by atoms with Crippen LogP contribution in [0, 0.1) is 5.41 Å². The average molecular weight is 657 g/mol. The van der Waals surface area contributed by atoms with E-state index in [1.54, 1.807) is 86.0 Å². The van der Waals surface area contributed by atoms with Crippen molar-refractivity contribution in [3.05, 3.63) is 71.9 Å². The van der Waals surface area contributed by atoms with Gasteiger partial charge in [-0.15, -0.1) is 0 Å². The van der Waals surface area contributed by atoms with Crippen LogP contribution >= 0.6 is 0 Å². The summed E-state index contributed by atoms with van der Waals surface area (Å²) in [5.74, 6) is -0.390. The van der Waals surface area contributed by atoms with Crippen LogP contribution in [0.15, 0.2) is 65.3 Å². The van der Waals surface area contributed by atoms with E-state index in [1.807, 2.05) is 24.3 Å². The molecule has 0 fully saturated rings. The van der Waals surface area contributed by atoms with Crippen molar-refractivity contribution in [1.82, 2.24) is 25.3 Å². The lowest BCUT2D eigenvalue weighted by Crippen LogP contribution is -2.44. The topological polar surface area (TPSA) is 190 Å². The molecule has 0 spiro atoms. The molecule has 3 amide bonds. The summed E-state index contributed by atoms with van der Waals surface area (Å²) in [4.78, 5) is 51.0. The van der Waals surface area contributed by atoms with E-state index in [2.05, 4.69) is 15.5 Å². The zero-order chi connectivity index (χ0) is 35.4. The SMILES string of the molecule is CN(C)C(=O)c1ccc(-c2cnc(N(C(=O)OC(C)(C)C)C(=O)OC(C)(C)C)c(-c3cc(-c4ccc(CNC(=N)N)cc4)no3)n2)cc1. The standard InChI is InChI=1S/C34H40N8O6/c1-33(2,3)46-31(44)42(32(45)47-34(4,5)6)28-27(39-25(19-37-28)22-13-15-23(16-14-22)29(43)41(7)8)26-17-24(40-48-26)21-11-9-20(10-12-21)18-38-30(35)36/h9-17,19H,18H2,1-8H3,(H4,35,36,38). The molecule has 0 aliphatic carbocycles. The number of hydrogen-bond acceptors (Lipinski definition) is 10. The van der Waals surface area contributed by atoms with Gasteiger partial charge in [-0.3, -0.25) is 10.2 Å². The predicted octanol–water partition coefficient (Wildman–Crippen LogP) is 5.83. The first-order chi connectivity index (χ1) is 22.4. The molecular weight excluding hydrogens is 616 g/mol. The normalized spacial score (nSPS) is 11.4. The molecule has 48 heavy (non-hydrogen) atoms. The maximum atomic E-state index is 13.6. The van der Waals surface area contributed by atoms with Gasteiger partial charge in [0.1, 0.15) is 16.9 Å². The number of nitrogens with two attached hydrogens (primary N) is 1. The molecule has 252 valence electrons. The number of anilines is 1. The first-order valence-corrected chi connectivity index (χ1v) is 15.0. The molecule has 4 aromatic rings. The molecule has 2 aromatic carbocycles. The van der Waals surface area contributed by atoms with Crippen LogP contribution in [0.4, 0.5) is 15.4 Å². The van der Waals surface area contributed by atoms with E-state index in [4.69, 9.17) is 30.1 Å². The molecule has 0 atom stereocenters. The van der Waals surface area contributed by atoms with Crippen LogP contribution in [0.1, 0.15) is 57.5 Å². The number of carbonyl (C=O) groups excluding carboxylic acids is 3. The van der Waals surface area contributed by atoms with E-state index >= 15 is 0 Å². The highest BCUT2D eigenvalue weighted by molar-refractivity contribution is 6.10. The molecule has 0 aliphatic heterocycles. The van der Waals surface area contributed by atoms with Crippen molar-refractivity contribution in [3.8, 4) is 34.0 Å². The number of hydrogen-bond donors (Lipinski definition) is 3. The van der Waals surface area contributed by atoms with Gasteiger partial charge in [0.2, 0.25) is 0 Å². The minimum Gasteiger partial charge on any atom is -0.443 e. The number of aromatic nitrogens is 3. The summed E-state index contributed by atoms with van der Waals surface area (Å²) in [6.07, 6.45) is -0.656. The highest BCUT2D eigenvalue weighted by atomic mass is 16.6. The smallest absolute Gasteiger partial charge is 0.425 e. The maximum absolute atomic E-state index is 13.6. The van der Waals surface area contributed by atoms with Crippen molar-refractivity contribution in [2.75, 3.05) is 19.0 Å². The van der Waals surface area contributed by atoms with Gasteiger partial charge in [0, 0.05) is 43.4 Å². The molecule has 0 unspecified atom stereocenters. The number of benzene rings is 2. The monoisotopic (exact) mass is 656 g/mol. The first-order valence-electron chi connectivity index (χ1n) is 15.0. The molecule has 4 N–H and O–H groups in total. The van der Waals surface area contributed by atoms with Crippen molar-refractivity contribution >= 4 is 29.9 Å². The van der Waals surface area contributed by atoms with Crippen molar-refractivity contribution in [3.63, 3.8) is 0 Å². The lowest BCUT2D eigenvalue weighted by molar-refractivity contribution is 0.0428. The number of rotatable bonds is 7. The van der Waals surface area contributed by atoms with Gasteiger partial charge in [0.15, 0.2) is 23.2 Å². The Balaban J connectivity index is 1.84. The second-order valence-electron chi connectivity index (χ2n) is 13.0. The summed E-state index contributed by atoms with van der Waals surface area (Å²) >= 11 is 0. The first kappa shape index (κ1) is 35.1. The molecule has 14 nitrogen and oxygen atoms in total. The van der Waals surface area contributed by atoms with Gasteiger partial charge < -0.3 is 29.9 Å². The van der Waals surface area contributed by atoms with Gasteiger partial charge in [-0.2, -0.15) is 4.90 Å². The summed E-state index contributed by atoms with van der Waals surface area (Å²) in [7, 11) is 3.33. The van der Waals surface area contributed by atoms with Crippen LogP contribution in [0.2, 0.25) is 0 Å². The maximum Gasteiger partial charge on any atom is 0.425 e. The third kappa shape index (κ3) is 8.93. The number of nitrogens with zero attached hydrogens (tertiary/aromatic N) is 5. The van der Waals surface area contributed by atoms with Gasteiger partial charge in [-0.1, -0.05) is 41.6 Å². The number of amides is 3. The van der Waals surface area contributed by atoms with E-state index in [0.717, 1.165) is 5.56 Å². The Hall–Kier alpha value is -5.79. The molecular formula is C34H40N8O6. The highest BCUT2D eigenvalue weighted by Crippen LogP contribution is 2.34. The second kappa shape index (κ2) is 13.9. The van der Waals surface area contributed by atoms with Crippen molar-refractivity contribution < 1.29 is 28.4 Å². The summed E-state index contributed by atoms with van der Waals surface area (Å²) in [5.41, 5.74) is 7.00. The van der Waals surface area contributed by atoms with Crippen molar-refractivity contribution in [2.45, 2.75) is 59.3 Å². The zero-order valence-electron chi connectivity index (χ0n) is 28.2. The fraction of sp³-hybridized carbons (Fsp3) is 0.324. The number of ether oxygens (including phenoxy) is 2. The minimum atomic E-state index is -1.03. The predicted molar refractivity (Wildman–Crippen MR) is 180 cm³/mol. The van der Waals surface area contributed by atoms with Crippen molar-refractivity contribution in [2.24, 2.45) is 5.73 Å². The number of guanidine groups is 1. The van der Waals surface area contributed by atoms with E-state index < -0.39 is 23.4 Å². The second-order valence-corrected chi connectivity index (χ2v) is 13.0. The van der Waals surface area contributed by atoms with Crippen molar-refractivity contribution in [1.29, 1.82) is 5.41 Å². The third-order valence-corrected chi connectivity index (χ3v) is 6.43. The molecule has 0 radical (unpaired) electrons. The lowest BCUT2D eigenvalue weighted by atomic mass is 10.1. The number of imide groups is 1. The molecule has 2 aromatic heterocycles.